The molecule has 0 spiro atoms. The summed E-state index contributed by atoms with van der Waals surface area (Å²) in [4.78, 5) is 31.3. The number of urea groups is 1. The average molecular weight is 407 g/mol. The second-order valence-electron chi connectivity index (χ2n) is 7.42. The van der Waals surface area contributed by atoms with Gasteiger partial charge in [0.15, 0.2) is 5.82 Å². The summed E-state index contributed by atoms with van der Waals surface area (Å²) >= 11 is 0. The number of carbonyl (C=O) groups is 2. The van der Waals surface area contributed by atoms with Gasteiger partial charge < -0.3 is 21.1 Å². The number of hydrogen-bond acceptors (Lipinski definition) is 4. The minimum absolute atomic E-state index is 0.0188. The summed E-state index contributed by atoms with van der Waals surface area (Å²) in [5, 5.41) is 14.7. The number of amides is 3. The Kier molecular flexibility index (Phi) is 6.06. The predicted octanol–water partition coefficient (Wildman–Crippen LogP) is 3.88. The Morgan fingerprint density at radius 3 is 2.43 bits per heavy atom. The van der Waals surface area contributed by atoms with Crippen molar-refractivity contribution >= 4 is 23.4 Å². The van der Waals surface area contributed by atoms with Crippen molar-refractivity contribution in [3.63, 3.8) is 0 Å². The monoisotopic (exact) mass is 407 g/mol. The molecule has 0 atom stereocenters. The van der Waals surface area contributed by atoms with Crippen molar-refractivity contribution in [3.8, 4) is 5.75 Å². The summed E-state index contributed by atoms with van der Waals surface area (Å²) in [6.45, 7) is 6.22. The Balaban J connectivity index is 1.74. The van der Waals surface area contributed by atoms with E-state index in [0.717, 1.165) is 11.1 Å². The van der Waals surface area contributed by atoms with Crippen LogP contribution in [-0.4, -0.2) is 27.0 Å². The van der Waals surface area contributed by atoms with E-state index in [9.17, 15) is 14.7 Å². The van der Waals surface area contributed by atoms with Gasteiger partial charge in [-0.15, -0.1) is 0 Å². The number of aryl methyl sites for hydroxylation is 1. The largest absolute Gasteiger partial charge is 0.508 e. The maximum Gasteiger partial charge on any atom is 0.324 e. The highest BCUT2D eigenvalue weighted by atomic mass is 16.3. The molecule has 2 aromatic carbocycles. The Bertz CT molecular complexity index is 1070. The van der Waals surface area contributed by atoms with Crippen LogP contribution in [0.2, 0.25) is 0 Å². The number of H-pyrrole nitrogens is 1. The summed E-state index contributed by atoms with van der Waals surface area (Å²) in [6, 6.07) is 11.8. The first kappa shape index (κ1) is 20.9. The summed E-state index contributed by atoms with van der Waals surface area (Å²) in [5.41, 5.74) is 9.23. The number of carbonyl (C=O) groups excluding carboxylic acids is 2. The van der Waals surface area contributed by atoms with E-state index in [1.54, 1.807) is 24.3 Å². The van der Waals surface area contributed by atoms with Gasteiger partial charge in [0.05, 0.1) is 0 Å². The van der Waals surface area contributed by atoms with Gasteiger partial charge in [-0.1, -0.05) is 32.0 Å². The van der Waals surface area contributed by atoms with Crippen molar-refractivity contribution in [3.05, 3.63) is 70.7 Å². The molecular formula is C22H25N5O3. The lowest BCUT2D eigenvalue weighted by molar-refractivity contribution is 0.0997. The lowest BCUT2D eigenvalue weighted by atomic mass is 9.98. The maximum absolute atomic E-state index is 12.4. The summed E-state index contributed by atoms with van der Waals surface area (Å²) < 4.78 is 0. The third kappa shape index (κ3) is 4.96. The van der Waals surface area contributed by atoms with Crippen LogP contribution < -0.4 is 16.4 Å². The molecule has 0 saturated carbocycles. The van der Waals surface area contributed by atoms with Crippen LogP contribution in [0.25, 0.3) is 0 Å². The Labute approximate surface area is 174 Å². The highest BCUT2D eigenvalue weighted by Gasteiger charge is 2.18. The molecule has 0 unspecified atom stereocenters. The molecule has 3 aromatic rings. The molecule has 156 valence electrons. The van der Waals surface area contributed by atoms with Gasteiger partial charge in [-0.2, -0.15) is 0 Å². The number of nitrogens with two attached hydrogens (primary N) is 1. The van der Waals surface area contributed by atoms with Crippen molar-refractivity contribution < 1.29 is 14.7 Å². The standard InChI is InChI=1S/C22H25N5O3/c1-12(2)17-9-6-15(10-13(17)3)24-22(30)27-21-19(20(23)29)25-18(26-21)11-14-4-7-16(28)8-5-14/h4-10,12,28H,11H2,1-3H3,(H2,23,29)(H,25,26)(H2,24,27,30). The Morgan fingerprint density at radius 1 is 1.13 bits per heavy atom. The molecule has 1 heterocycles. The van der Waals surface area contributed by atoms with Crippen LogP contribution in [-0.2, 0) is 6.42 Å². The summed E-state index contributed by atoms with van der Waals surface area (Å²) in [7, 11) is 0. The number of nitrogens with one attached hydrogen (secondary N) is 3. The summed E-state index contributed by atoms with van der Waals surface area (Å²) in [5.74, 6) is 0.340. The second-order valence-corrected chi connectivity index (χ2v) is 7.42. The molecule has 3 amide bonds. The summed E-state index contributed by atoms with van der Waals surface area (Å²) in [6.07, 6.45) is 0.375. The van der Waals surface area contributed by atoms with Crippen LogP contribution in [0, 0.1) is 6.92 Å². The van der Waals surface area contributed by atoms with Crippen molar-refractivity contribution in [2.75, 3.05) is 10.6 Å². The van der Waals surface area contributed by atoms with Crippen LogP contribution in [0.5, 0.6) is 5.75 Å². The van der Waals surface area contributed by atoms with Gasteiger partial charge in [-0.25, -0.2) is 9.78 Å². The molecule has 0 aliphatic heterocycles. The predicted molar refractivity (Wildman–Crippen MR) is 116 cm³/mol. The number of aromatic amines is 1. The Hall–Kier alpha value is -3.81. The van der Waals surface area contributed by atoms with Crippen LogP contribution in [0.3, 0.4) is 0 Å². The number of hydrogen-bond donors (Lipinski definition) is 5. The number of phenols is 1. The number of benzene rings is 2. The van der Waals surface area contributed by atoms with Crippen molar-refractivity contribution in [1.29, 1.82) is 0 Å². The van der Waals surface area contributed by atoms with Gasteiger partial charge in [-0.3, -0.25) is 10.1 Å². The highest BCUT2D eigenvalue weighted by molar-refractivity contribution is 6.04. The van der Waals surface area contributed by atoms with Gasteiger partial charge >= 0.3 is 6.03 Å². The topological polar surface area (TPSA) is 133 Å². The average Bonchev–Trinajstić information content (AvgIpc) is 3.05. The van der Waals surface area contributed by atoms with Gasteiger partial charge in [-0.05, 0) is 53.8 Å². The molecule has 30 heavy (non-hydrogen) atoms. The van der Waals surface area contributed by atoms with Crippen molar-refractivity contribution in [1.82, 2.24) is 9.97 Å². The van der Waals surface area contributed by atoms with E-state index >= 15 is 0 Å². The fraction of sp³-hybridized carbons (Fsp3) is 0.227. The van der Waals surface area contributed by atoms with E-state index in [0.29, 0.717) is 23.9 Å². The Morgan fingerprint density at radius 2 is 1.83 bits per heavy atom. The number of anilines is 2. The molecule has 6 N–H and O–H groups in total. The number of primary amides is 1. The smallest absolute Gasteiger partial charge is 0.324 e. The quantitative estimate of drug-likeness (QED) is 0.424. The van der Waals surface area contributed by atoms with Gasteiger partial charge in [0.25, 0.3) is 5.91 Å². The molecule has 8 nitrogen and oxygen atoms in total. The number of imidazole rings is 1. The molecule has 0 bridgehead atoms. The van der Waals surface area contributed by atoms with E-state index in [1.807, 2.05) is 25.1 Å². The van der Waals surface area contributed by atoms with Gasteiger partial charge in [0.1, 0.15) is 17.3 Å². The SMILES string of the molecule is Cc1cc(NC(=O)Nc2nc(Cc3ccc(O)cc3)[nH]c2C(N)=O)ccc1C(C)C. The van der Waals surface area contributed by atoms with E-state index in [4.69, 9.17) is 5.73 Å². The fourth-order valence-electron chi connectivity index (χ4n) is 3.25. The first-order valence-electron chi connectivity index (χ1n) is 9.58. The molecule has 1 aromatic heterocycles. The third-order valence-corrected chi connectivity index (χ3v) is 4.69. The second kappa shape index (κ2) is 8.69. The van der Waals surface area contributed by atoms with Gasteiger partial charge in [0.2, 0.25) is 0 Å². The normalized spacial score (nSPS) is 10.8. The zero-order valence-electron chi connectivity index (χ0n) is 17.1. The molecule has 8 heteroatoms. The fourth-order valence-corrected chi connectivity index (χ4v) is 3.25. The first-order valence-corrected chi connectivity index (χ1v) is 9.58. The molecule has 0 aliphatic rings. The molecule has 0 aliphatic carbocycles. The van der Waals surface area contributed by atoms with E-state index in [1.165, 1.54) is 5.56 Å². The first-order chi connectivity index (χ1) is 14.2. The molecule has 3 rings (SSSR count). The molecule has 0 radical (unpaired) electrons. The minimum Gasteiger partial charge on any atom is -0.508 e. The minimum atomic E-state index is -0.730. The lowest BCUT2D eigenvalue weighted by Crippen LogP contribution is -2.22. The van der Waals surface area contributed by atoms with Crippen molar-refractivity contribution in [2.24, 2.45) is 5.73 Å². The van der Waals surface area contributed by atoms with E-state index in [2.05, 4.69) is 34.4 Å². The van der Waals surface area contributed by atoms with Crippen LogP contribution in [0.4, 0.5) is 16.3 Å². The lowest BCUT2D eigenvalue weighted by Gasteiger charge is -2.12. The molecular weight excluding hydrogens is 382 g/mol. The van der Waals surface area contributed by atoms with Crippen LogP contribution in [0.15, 0.2) is 42.5 Å². The van der Waals surface area contributed by atoms with Crippen LogP contribution in [0.1, 0.15) is 52.8 Å². The highest BCUT2D eigenvalue weighted by Crippen LogP contribution is 2.23. The molecule has 0 fully saturated rings. The number of aromatic nitrogens is 2. The number of phenolic OH excluding ortho intramolecular Hbond substituents is 1. The number of nitrogens with zero attached hydrogens (tertiary/aromatic N) is 1. The van der Waals surface area contributed by atoms with E-state index < -0.39 is 11.9 Å². The number of aromatic hydroxyl groups is 1. The zero-order chi connectivity index (χ0) is 21.8. The zero-order valence-corrected chi connectivity index (χ0v) is 17.1. The maximum atomic E-state index is 12.4. The van der Waals surface area contributed by atoms with Crippen molar-refractivity contribution in [2.45, 2.75) is 33.1 Å². The number of rotatable bonds is 6. The third-order valence-electron chi connectivity index (χ3n) is 4.69. The van der Waals surface area contributed by atoms with Crippen LogP contribution >= 0.6 is 0 Å². The van der Waals surface area contributed by atoms with Gasteiger partial charge in [0, 0.05) is 12.1 Å². The van der Waals surface area contributed by atoms with E-state index in [-0.39, 0.29) is 17.3 Å². The molecule has 0 saturated heterocycles.